The van der Waals surface area contributed by atoms with Crippen molar-refractivity contribution in [3.8, 4) is 11.3 Å². The Morgan fingerprint density at radius 2 is 2.04 bits per heavy atom. The number of benzene rings is 1. The highest BCUT2D eigenvalue weighted by molar-refractivity contribution is 7.10. The van der Waals surface area contributed by atoms with Crippen molar-refractivity contribution in [3.63, 3.8) is 0 Å². The molecule has 1 amide bonds. The van der Waals surface area contributed by atoms with Crippen LogP contribution < -0.4 is 11.1 Å². The van der Waals surface area contributed by atoms with Gasteiger partial charge in [-0.25, -0.2) is 4.98 Å². The Hall–Kier alpha value is -1.76. The summed E-state index contributed by atoms with van der Waals surface area (Å²) in [6, 6.07) is 9.87. The number of likely N-dealkylation sites (tertiary alicyclic amines) is 1. The Morgan fingerprint density at radius 1 is 1.35 bits per heavy atom. The zero-order valence-corrected chi connectivity index (χ0v) is 16.7. The van der Waals surface area contributed by atoms with Crippen LogP contribution in [0.25, 0.3) is 11.3 Å². The second-order valence-corrected chi connectivity index (χ2v) is 8.90. The Morgan fingerprint density at radius 3 is 2.65 bits per heavy atom. The summed E-state index contributed by atoms with van der Waals surface area (Å²) in [7, 11) is 1.94. The molecule has 140 valence electrons. The van der Waals surface area contributed by atoms with Crippen LogP contribution in [0.3, 0.4) is 0 Å². The molecular weight excluding hydrogens is 344 g/mol. The smallest absolute Gasteiger partial charge is 0.240 e. The maximum absolute atomic E-state index is 13.1. The third-order valence-corrected chi connectivity index (χ3v) is 6.01. The second kappa shape index (κ2) is 7.47. The fourth-order valence-electron chi connectivity index (χ4n) is 3.25. The first kappa shape index (κ1) is 19.0. The van der Waals surface area contributed by atoms with Gasteiger partial charge in [-0.3, -0.25) is 4.79 Å². The lowest BCUT2D eigenvalue weighted by molar-refractivity contribution is -0.136. The molecule has 2 heterocycles. The van der Waals surface area contributed by atoms with E-state index in [0.29, 0.717) is 6.54 Å². The zero-order chi connectivity index (χ0) is 18.9. The predicted molar refractivity (Wildman–Crippen MR) is 107 cm³/mol. The average Bonchev–Trinajstić information content (AvgIpc) is 3.27. The molecule has 3 unspecified atom stereocenters. The highest BCUT2D eigenvalue weighted by Crippen LogP contribution is 2.37. The average molecular weight is 373 g/mol. The van der Waals surface area contributed by atoms with Crippen molar-refractivity contribution in [2.24, 2.45) is 11.1 Å². The largest absolute Gasteiger partial charge is 0.330 e. The molecule has 26 heavy (non-hydrogen) atoms. The number of carbonyl (C=O) groups excluding carboxylic acids is 1. The highest BCUT2D eigenvalue weighted by Gasteiger charge is 2.41. The molecule has 1 saturated heterocycles. The van der Waals surface area contributed by atoms with Crippen LogP contribution in [0.1, 0.15) is 38.2 Å². The van der Waals surface area contributed by atoms with Crippen LogP contribution >= 0.6 is 11.3 Å². The van der Waals surface area contributed by atoms with Crippen molar-refractivity contribution in [2.45, 2.75) is 45.3 Å². The predicted octanol–water partition coefficient (Wildman–Crippen LogP) is 3.04. The van der Waals surface area contributed by atoms with Crippen molar-refractivity contribution in [2.75, 3.05) is 13.6 Å². The van der Waals surface area contributed by atoms with Gasteiger partial charge >= 0.3 is 0 Å². The minimum atomic E-state index is -0.519. The number of amides is 1. The van der Waals surface area contributed by atoms with E-state index in [9.17, 15) is 4.79 Å². The summed E-state index contributed by atoms with van der Waals surface area (Å²) in [5.74, 6) is 0.0108. The zero-order valence-electron chi connectivity index (χ0n) is 15.9. The van der Waals surface area contributed by atoms with E-state index in [1.54, 1.807) is 11.3 Å². The van der Waals surface area contributed by atoms with Gasteiger partial charge in [0.05, 0.1) is 17.8 Å². The monoisotopic (exact) mass is 372 g/mol. The van der Waals surface area contributed by atoms with Gasteiger partial charge in [-0.05, 0) is 18.9 Å². The van der Waals surface area contributed by atoms with Crippen molar-refractivity contribution >= 4 is 17.2 Å². The number of likely N-dealkylation sites (N-methyl/N-ethyl adjacent to an activating group) is 1. The Balaban J connectivity index is 1.87. The van der Waals surface area contributed by atoms with E-state index in [4.69, 9.17) is 10.7 Å². The van der Waals surface area contributed by atoms with Gasteiger partial charge in [0, 0.05) is 23.5 Å². The first-order chi connectivity index (χ1) is 12.3. The number of aromatic nitrogens is 1. The number of thiazole rings is 1. The molecule has 1 fully saturated rings. The Kier molecular flexibility index (Phi) is 5.46. The van der Waals surface area contributed by atoms with Crippen molar-refractivity contribution < 1.29 is 4.79 Å². The summed E-state index contributed by atoms with van der Waals surface area (Å²) >= 11 is 1.62. The number of nitrogens with zero attached hydrogens (tertiary/aromatic N) is 2. The summed E-state index contributed by atoms with van der Waals surface area (Å²) in [5.41, 5.74) is 8.07. The summed E-state index contributed by atoms with van der Waals surface area (Å²) in [6.07, 6.45) is 0.862. The maximum atomic E-state index is 13.1. The first-order valence-corrected chi connectivity index (χ1v) is 9.93. The molecule has 1 aromatic carbocycles. The van der Waals surface area contributed by atoms with Crippen LogP contribution in [0.2, 0.25) is 0 Å². The molecule has 3 atom stereocenters. The van der Waals surface area contributed by atoms with Crippen molar-refractivity contribution in [3.05, 3.63) is 40.7 Å². The third kappa shape index (κ3) is 3.82. The van der Waals surface area contributed by atoms with Crippen LogP contribution in [0.15, 0.2) is 35.7 Å². The SMILES string of the molecule is CNC1CC(c2nc(-c3ccccc3)cs2)N(C(=O)C(N)C(C)(C)C)C1. The molecule has 1 aliphatic rings. The lowest BCUT2D eigenvalue weighted by Crippen LogP contribution is -2.50. The lowest BCUT2D eigenvalue weighted by atomic mass is 9.86. The molecular formula is C20H28N4OS. The normalized spacial score (nSPS) is 21.8. The standard InChI is InChI=1S/C20H28N4OS/c1-20(2,3)17(21)19(25)24-11-14(22-4)10-16(24)18-23-15(12-26-18)13-8-6-5-7-9-13/h5-9,12,14,16-17,22H,10-11,21H2,1-4H3. The molecule has 1 aromatic heterocycles. The molecule has 0 spiro atoms. The summed E-state index contributed by atoms with van der Waals surface area (Å²) in [4.78, 5) is 19.8. The molecule has 0 radical (unpaired) electrons. The molecule has 0 bridgehead atoms. The summed E-state index contributed by atoms with van der Waals surface area (Å²) in [6.45, 7) is 6.69. The van der Waals surface area contributed by atoms with Crippen LogP contribution in [0.5, 0.6) is 0 Å². The van der Waals surface area contributed by atoms with Gasteiger partial charge in [0.25, 0.3) is 0 Å². The minimum Gasteiger partial charge on any atom is -0.330 e. The Labute approximate surface area is 159 Å². The van der Waals surface area contributed by atoms with Gasteiger partial charge in [-0.15, -0.1) is 11.3 Å². The number of hydrogen-bond acceptors (Lipinski definition) is 5. The quantitative estimate of drug-likeness (QED) is 0.865. The molecule has 0 aliphatic carbocycles. The van der Waals surface area contributed by atoms with E-state index in [-0.39, 0.29) is 23.4 Å². The van der Waals surface area contributed by atoms with Gasteiger partial charge < -0.3 is 16.0 Å². The Bertz CT molecular complexity index is 753. The molecule has 1 aliphatic heterocycles. The number of nitrogens with two attached hydrogens (primary N) is 1. The molecule has 2 aromatic rings. The molecule has 5 nitrogen and oxygen atoms in total. The first-order valence-electron chi connectivity index (χ1n) is 9.05. The number of hydrogen-bond donors (Lipinski definition) is 2. The fraction of sp³-hybridized carbons (Fsp3) is 0.500. The topological polar surface area (TPSA) is 71.2 Å². The van der Waals surface area contributed by atoms with Gasteiger partial charge in [-0.1, -0.05) is 51.1 Å². The molecule has 6 heteroatoms. The van der Waals surface area contributed by atoms with Gasteiger partial charge in [0.15, 0.2) is 0 Å². The van der Waals surface area contributed by atoms with Crippen LogP contribution in [-0.2, 0) is 4.79 Å². The molecule has 3 rings (SSSR count). The van der Waals surface area contributed by atoms with Gasteiger partial charge in [0.1, 0.15) is 5.01 Å². The van der Waals surface area contributed by atoms with E-state index >= 15 is 0 Å². The third-order valence-electron chi connectivity index (χ3n) is 5.07. The van der Waals surface area contributed by atoms with Gasteiger partial charge in [-0.2, -0.15) is 0 Å². The lowest BCUT2D eigenvalue weighted by Gasteiger charge is -2.32. The van der Waals surface area contributed by atoms with Crippen LogP contribution in [0.4, 0.5) is 0 Å². The molecule has 3 N–H and O–H groups in total. The highest BCUT2D eigenvalue weighted by atomic mass is 32.1. The van der Waals surface area contributed by atoms with E-state index in [2.05, 4.69) is 22.8 Å². The molecule has 0 saturated carbocycles. The fourth-order valence-corrected chi connectivity index (χ4v) is 4.21. The summed E-state index contributed by atoms with van der Waals surface area (Å²) < 4.78 is 0. The van der Waals surface area contributed by atoms with Gasteiger partial charge in [0.2, 0.25) is 5.91 Å². The van der Waals surface area contributed by atoms with Crippen molar-refractivity contribution in [1.29, 1.82) is 0 Å². The second-order valence-electron chi connectivity index (χ2n) is 8.01. The van der Waals surface area contributed by atoms with Crippen molar-refractivity contribution in [1.82, 2.24) is 15.2 Å². The van der Waals surface area contributed by atoms with E-state index in [0.717, 1.165) is 22.7 Å². The van der Waals surface area contributed by atoms with Crippen LogP contribution in [-0.4, -0.2) is 41.5 Å². The maximum Gasteiger partial charge on any atom is 0.240 e. The number of nitrogens with one attached hydrogen (secondary N) is 1. The summed E-state index contributed by atoms with van der Waals surface area (Å²) in [5, 5.41) is 6.36. The minimum absolute atomic E-state index is 0.0108. The number of rotatable bonds is 4. The number of carbonyl (C=O) groups is 1. The van der Waals surface area contributed by atoms with E-state index in [1.165, 1.54) is 0 Å². The van der Waals surface area contributed by atoms with Crippen LogP contribution in [0, 0.1) is 5.41 Å². The van der Waals surface area contributed by atoms with E-state index < -0.39 is 6.04 Å². The van der Waals surface area contributed by atoms with E-state index in [1.807, 2.05) is 50.9 Å².